The zero-order valence-electron chi connectivity index (χ0n) is 13.5. The van der Waals surface area contributed by atoms with Gasteiger partial charge in [0.2, 0.25) is 5.43 Å². The molecule has 0 aliphatic carbocycles. The van der Waals surface area contributed by atoms with Gasteiger partial charge in [-0.15, -0.1) is 0 Å². The van der Waals surface area contributed by atoms with Crippen LogP contribution in [0.5, 0.6) is 5.75 Å². The summed E-state index contributed by atoms with van der Waals surface area (Å²) in [5, 5.41) is 3.66. The summed E-state index contributed by atoms with van der Waals surface area (Å²) >= 11 is 0. The highest BCUT2D eigenvalue weighted by atomic mass is 16.5. The maximum Gasteiger partial charge on any atom is 0.216 e. The van der Waals surface area contributed by atoms with Gasteiger partial charge >= 0.3 is 0 Å². The van der Waals surface area contributed by atoms with E-state index < -0.39 is 0 Å². The Morgan fingerprint density at radius 3 is 2.48 bits per heavy atom. The highest BCUT2D eigenvalue weighted by Crippen LogP contribution is 2.31. The fraction of sp³-hybridized carbons (Fsp3) is 0.0500. The van der Waals surface area contributed by atoms with Crippen LogP contribution in [0.4, 0.5) is 11.4 Å². The molecule has 0 saturated heterocycles. The lowest BCUT2D eigenvalue weighted by atomic mass is 10.1. The lowest BCUT2D eigenvalue weighted by Gasteiger charge is -2.11. The van der Waals surface area contributed by atoms with Gasteiger partial charge in [-0.05, 0) is 48.5 Å². The van der Waals surface area contributed by atoms with Gasteiger partial charge in [-0.25, -0.2) is 0 Å². The van der Waals surface area contributed by atoms with Crippen LogP contribution in [0.3, 0.4) is 0 Å². The van der Waals surface area contributed by atoms with E-state index in [4.69, 9.17) is 13.6 Å². The second kappa shape index (κ2) is 6.20. The van der Waals surface area contributed by atoms with Crippen LogP contribution in [0.2, 0.25) is 0 Å². The van der Waals surface area contributed by atoms with Crippen molar-refractivity contribution in [2.24, 2.45) is 0 Å². The van der Waals surface area contributed by atoms with Crippen LogP contribution < -0.4 is 15.5 Å². The fourth-order valence-electron chi connectivity index (χ4n) is 2.66. The summed E-state index contributed by atoms with van der Waals surface area (Å²) in [4.78, 5) is 13.0. The molecule has 2 aromatic heterocycles. The molecule has 5 nitrogen and oxygen atoms in total. The third-order valence-corrected chi connectivity index (χ3v) is 3.90. The maximum absolute atomic E-state index is 13.0. The predicted molar refractivity (Wildman–Crippen MR) is 96.5 cm³/mol. The van der Waals surface area contributed by atoms with Gasteiger partial charge < -0.3 is 18.9 Å². The van der Waals surface area contributed by atoms with E-state index in [-0.39, 0.29) is 5.43 Å². The largest absolute Gasteiger partial charge is 0.497 e. The van der Waals surface area contributed by atoms with Crippen molar-refractivity contribution in [3.05, 3.63) is 77.2 Å². The molecule has 0 fully saturated rings. The Labute approximate surface area is 143 Å². The molecule has 5 heteroatoms. The first-order valence-electron chi connectivity index (χ1n) is 7.77. The topological polar surface area (TPSA) is 64.6 Å². The number of hydrogen-bond donors (Lipinski definition) is 1. The minimum atomic E-state index is -0.149. The van der Waals surface area contributed by atoms with Crippen molar-refractivity contribution >= 4 is 22.3 Å². The van der Waals surface area contributed by atoms with Crippen molar-refractivity contribution in [1.29, 1.82) is 0 Å². The van der Waals surface area contributed by atoms with E-state index in [0.717, 1.165) is 11.4 Å². The third kappa shape index (κ3) is 2.76. The van der Waals surface area contributed by atoms with E-state index in [1.54, 1.807) is 37.6 Å². The lowest BCUT2D eigenvalue weighted by Crippen LogP contribution is -2.10. The molecule has 0 bridgehead atoms. The first kappa shape index (κ1) is 15.1. The maximum atomic E-state index is 13.0. The average Bonchev–Trinajstić information content (AvgIpc) is 3.19. The molecule has 0 amide bonds. The smallest absolute Gasteiger partial charge is 0.216 e. The quantitative estimate of drug-likeness (QED) is 0.581. The monoisotopic (exact) mass is 333 g/mol. The van der Waals surface area contributed by atoms with Crippen LogP contribution in [0.1, 0.15) is 0 Å². The van der Waals surface area contributed by atoms with E-state index in [1.165, 1.54) is 0 Å². The van der Waals surface area contributed by atoms with Gasteiger partial charge in [0.1, 0.15) is 17.0 Å². The van der Waals surface area contributed by atoms with E-state index in [0.29, 0.717) is 28.2 Å². The summed E-state index contributed by atoms with van der Waals surface area (Å²) in [5.74, 6) is 1.59. The van der Waals surface area contributed by atoms with Crippen LogP contribution in [0, 0.1) is 0 Å². The Bertz CT molecular complexity index is 1060. The van der Waals surface area contributed by atoms with Crippen molar-refractivity contribution in [1.82, 2.24) is 0 Å². The van der Waals surface area contributed by atoms with Crippen LogP contribution in [-0.4, -0.2) is 7.11 Å². The first-order valence-corrected chi connectivity index (χ1v) is 7.77. The molecule has 0 atom stereocenters. The summed E-state index contributed by atoms with van der Waals surface area (Å²) in [6, 6.07) is 17.9. The molecule has 2 aromatic carbocycles. The lowest BCUT2D eigenvalue weighted by molar-refractivity contribution is 0.415. The van der Waals surface area contributed by atoms with Crippen molar-refractivity contribution in [3.8, 4) is 17.3 Å². The number of benzene rings is 2. The molecular weight excluding hydrogens is 318 g/mol. The summed E-state index contributed by atoms with van der Waals surface area (Å²) in [6.45, 7) is 0. The number of hydrogen-bond acceptors (Lipinski definition) is 5. The number of rotatable bonds is 4. The summed E-state index contributed by atoms with van der Waals surface area (Å²) in [5.41, 5.74) is 1.44. The van der Waals surface area contributed by atoms with Gasteiger partial charge in [0.05, 0.1) is 18.8 Å². The van der Waals surface area contributed by atoms with Crippen LogP contribution in [0.15, 0.2) is 80.6 Å². The molecule has 4 aromatic rings. The Balaban J connectivity index is 1.89. The standard InChI is InChI=1S/C20H15NO4/c1-23-14-10-8-13(9-11-14)21-18-19(22)15-5-2-3-6-16(15)25-20(18)17-7-4-12-24-17/h2-12,21H,1H3. The van der Waals surface area contributed by atoms with Crippen molar-refractivity contribution in [3.63, 3.8) is 0 Å². The molecular formula is C20H15NO4. The van der Waals surface area contributed by atoms with Gasteiger partial charge in [0.15, 0.2) is 11.5 Å². The van der Waals surface area contributed by atoms with E-state index in [2.05, 4.69) is 5.32 Å². The van der Waals surface area contributed by atoms with E-state index >= 15 is 0 Å². The Hall–Kier alpha value is -3.47. The zero-order chi connectivity index (χ0) is 17.2. The number of anilines is 2. The van der Waals surface area contributed by atoms with Gasteiger partial charge in [-0.2, -0.15) is 0 Å². The number of furan rings is 1. The number of para-hydroxylation sites is 1. The normalized spacial score (nSPS) is 10.8. The Kier molecular flexibility index (Phi) is 3.74. The average molecular weight is 333 g/mol. The summed E-state index contributed by atoms with van der Waals surface area (Å²) in [7, 11) is 1.61. The second-order valence-electron chi connectivity index (χ2n) is 5.46. The number of fused-ring (bicyclic) bond motifs is 1. The number of methoxy groups -OCH3 is 1. The predicted octanol–water partition coefficient (Wildman–Crippen LogP) is 4.81. The van der Waals surface area contributed by atoms with Crippen molar-refractivity contribution in [2.45, 2.75) is 0 Å². The Morgan fingerprint density at radius 1 is 0.960 bits per heavy atom. The van der Waals surface area contributed by atoms with Gasteiger partial charge in [0, 0.05) is 5.69 Å². The molecule has 0 aliphatic heterocycles. The first-order chi connectivity index (χ1) is 12.3. The Morgan fingerprint density at radius 2 is 1.76 bits per heavy atom. The molecule has 0 spiro atoms. The number of nitrogens with one attached hydrogen (secondary N) is 1. The highest BCUT2D eigenvalue weighted by Gasteiger charge is 2.18. The highest BCUT2D eigenvalue weighted by molar-refractivity contribution is 5.86. The van der Waals surface area contributed by atoms with Crippen molar-refractivity contribution < 1.29 is 13.6 Å². The molecule has 1 N–H and O–H groups in total. The molecule has 0 unspecified atom stereocenters. The molecule has 0 aliphatic rings. The zero-order valence-corrected chi connectivity index (χ0v) is 13.5. The molecule has 2 heterocycles. The van der Waals surface area contributed by atoms with Gasteiger partial charge in [0.25, 0.3) is 0 Å². The van der Waals surface area contributed by atoms with Gasteiger partial charge in [-0.3, -0.25) is 4.79 Å². The molecule has 0 saturated carbocycles. The van der Waals surface area contributed by atoms with Gasteiger partial charge in [-0.1, -0.05) is 12.1 Å². The summed E-state index contributed by atoms with van der Waals surface area (Å²) in [6.07, 6.45) is 1.54. The minimum absolute atomic E-state index is 0.149. The fourth-order valence-corrected chi connectivity index (χ4v) is 2.66. The molecule has 0 radical (unpaired) electrons. The van der Waals surface area contributed by atoms with Crippen molar-refractivity contribution in [2.75, 3.05) is 12.4 Å². The molecule has 25 heavy (non-hydrogen) atoms. The SMILES string of the molecule is COc1ccc(Nc2c(-c3ccco3)oc3ccccc3c2=O)cc1. The number of ether oxygens (including phenoxy) is 1. The van der Waals surface area contributed by atoms with Crippen LogP contribution in [-0.2, 0) is 0 Å². The second-order valence-corrected chi connectivity index (χ2v) is 5.46. The van der Waals surface area contributed by atoms with E-state index in [1.807, 2.05) is 36.4 Å². The minimum Gasteiger partial charge on any atom is -0.497 e. The summed E-state index contributed by atoms with van der Waals surface area (Å²) < 4.78 is 16.6. The molecule has 124 valence electrons. The molecule has 4 rings (SSSR count). The van der Waals surface area contributed by atoms with Crippen LogP contribution >= 0.6 is 0 Å². The van der Waals surface area contributed by atoms with Crippen LogP contribution in [0.25, 0.3) is 22.5 Å². The van der Waals surface area contributed by atoms with E-state index in [9.17, 15) is 4.79 Å². The third-order valence-electron chi connectivity index (χ3n) is 3.90.